The van der Waals surface area contributed by atoms with Crippen LogP contribution in [0.25, 0.3) is 0 Å². The van der Waals surface area contributed by atoms with Crippen molar-refractivity contribution in [1.82, 2.24) is 5.32 Å². The molecule has 0 aliphatic rings. The highest BCUT2D eigenvalue weighted by Gasteiger charge is 2.05. The first-order chi connectivity index (χ1) is 11.8. The van der Waals surface area contributed by atoms with Crippen LogP contribution in [0.2, 0.25) is 0 Å². The standard InChI is InChI=1S/C21H27NO2.ClH/c1-18(17-19-9-4-2-5-10-19)22-14-16-24-15-8-13-21(23)20-11-6-3-7-12-20;/h2-7,9-12,18,22H,8,13-17H2,1H3;1H. The Bertz CT molecular complexity index is 589. The lowest BCUT2D eigenvalue weighted by molar-refractivity contribution is 0.0938. The van der Waals surface area contributed by atoms with Gasteiger partial charge in [0.1, 0.15) is 0 Å². The second kappa shape index (κ2) is 12.6. The van der Waals surface area contributed by atoms with E-state index in [1.165, 1.54) is 5.56 Å². The summed E-state index contributed by atoms with van der Waals surface area (Å²) in [4.78, 5) is 11.9. The number of benzene rings is 2. The molecule has 0 spiro atoms. The molecule has 0 fully saturated rings. The molecule has 25 heavy (non-hydrogen) atoms. The minimum absolute atomic E-state index is 0. The Morgan fingerprint density at radius 2 is 1.64 bits per heavy atom. The molecule has 2 aromatic carbocycles. The molecule has 2 aromatic rings. The van der Waals surface area contributed by atoms with E-state index in [0.717, 1.165) is 24.9 Å². The molecular formula is C21H28ClNO2. The van der Waals surface area contributed by atoms with E-state index in [-0.39, 0.29) is 18.2 Å². The van der Waals surface area contributed by atoms with E-state index >= 15 is 0 Å². The summed E-state index contributed by atoms with van der Waals surface area (Å²) < 4.78 is 5.61. The van der Waals surface area contributed by atoms with E-state index in [9.17, 15) is 4.79 Å². The third-order valence-corrected chi connectivity index (χ3v) is 3.91. The van der Waals surface area contributed by atoms with E-state index in [1.54, 1.807) is 0 Å². The number of hydrogen-bond donors (Lipinski definition) is 1. The summed E-state index contributed by atoms with van der Waals surface area (Å²) >= 11 is 0. The van der Waals surface area contributed by atoms with E-state index in [2.05, 4.69) is 36.5 Å². The molecule has 0 aromatic heterocycles. The third-order valence-electron chi connectivity index (χ3n) is 3.91. The fraction of sp³-hybridized carbons (Fsp3) is 0.381. The molecule has 0 saturated carbocycles. The van der Waals surface area contributed by atoms with Crippen LogP contribution in [0.3, 0.4) is 0 Å². The number of carbonyl (C=O) groups is 1. The van der Waals surface area contributed by atoms with Gasteiger partial charge in [-0.15, -0.1) is 12.4 Å². The zero-order valence-electron chi connectivity index (χ0n) is 14.8. The first-order valence-corrected chi connectivity index (χ1v) is 8.69. The van der Waals surface area contributed by atoms with E-state index in [4.69, 9.17) is 4.74 Å². The summed E-state index contributed by atoms with van der Waals surface area (Å²) in [5, 5.41) is 3.46. The average molecular weight is 362 g/mol. The second-order valence-electron chi connectivity index (χ2n) is 6.05. The minimum Gasteiger partial charge on any atom is -0.380 e. The van der Waals surface area contributed by atoms with E-state index in [0.29, 0.717) is 25.7 Å². The molecule has 2 rings (SSSR count). The van der Waals surface area contributed by atoms with Crippen molar-refractivity contribution in [2.75, 3.05) is 19.8 Å². The number of ether oxygens (including phenoxy) is 1. The largest absolute Gasteiger partial charge is 0.380 e. The fourth-order valence-corrected chi connectivity index (χ4v) is 2.62. The molecule has 0 aliphatic heterocycles. The lowest BCUT2D eigenvalue weighted by Gasteiger charge is -2.14. The highest BCUT2D eigenvalue weighted by atomic mass is 35.5. The molecule has 4 heteroatoms. The van der Waals surface area contributed by atoms with Gasteiger partial charge in [0.15, 0.2) is 5.78 Å². The van der Waals surface area contributed by atoms with Crippen LogP contribution in [0.15, 0.2) is 60.7 Å². The van der Waals surface area contributed by atoms with Gasteiger partial charge in [-0.3, -0.25) is 4.79 Å². The molecule has 1 atom stereocenters. The number of nitrogens with one attached hydrogen (secondary N) is 1. The quantitative estimate of drug-likeness (QED) is 0.478. The van der Waals surface area contributed by atoms with Crippen molar-refractivity contribution in [2.45, 2.75) is 32.2 Å². The number of hydrogen-bond acceptors (Lipinski definition) is 3. The highest BCUT2D eigenvalue weighted by Crippen LogP contribution is 2.05. The van der Waals surface area contributed by atoms with Crippen LogP contribution in [-0.2, 0) is 11.2 Å². The topological polar surface area (TPSA) is 38.3 Å². The van der Waals surface area contributed by atoms with Crippen molar-refractivity contribution in [3.63, 3.8) is 0 Å². The average Bonchev–Trinajstić information content (AvgIpc) is 2.62. The fourth-order valence-electron chi connectivity index (χ4n) is 2.62. The lowest BCUT2D eigenvalue weighted by Crippen LogP contribution is -2.31. The van der Waals surface area contributed by atoms with Gasteiger partial charge in [-0.2, -0.15) is 0 Å². The molecule has 0 heterocycles. The van der Waals surface area contributed by atoms with Gasteiger partial charge in [-0.05, 0) is 25.3 Å². The molecule has 0 aliphatic carbocycles. The molecule has 136 valence electrons. The number of Topliss-reactive ketones (excluding diaryl/α,β-unsaturated/α-hetero) is 1. The van der Waals surface area contributed by atoms with Crippen molar-refractivity contribution in [3.05, 3.63) is 71.8 Å². The summed E-state index contributed by atoms with van der Waals surface area (Å²) in [5.74, 6) is 0.189. The van der Waals surface area contributed by atoms with Crippen LogP contribution in [0.4, 0.5) is 0 Å². The first-order valence-electron chi connectivity index (χ1n) is 8.69. The van der Waals surface area contributed by atoms with Crippen LogP contribution in [-0.4, -0.2) is 31.6 Å². The Kier molecular flexibility index (Phi) is 10.8. The number of ketones is 1. The van der Waals surface area contributed by atoms with Crippen LogP contribution >= 0.6 is 12.4 Å². The van der Waals surface area contributed by atoms with Crippen LogP contribution < -0.4 is 5.32 Å². The van der Waals surface area contributed by atoms with Crippen molar-refractivity contribution < 1.29 is 9.53 Å². The summed E-state index contributed by atoms with van der Waals surface area (Å²) in [6.07, 6.45) is 2.33. The zero-order valence-corrected chi connectivity index (χ0v) is 15.6. The Balaban J connectivity index is 0.00000312. The van der Waals surface area contributed by atoms with Gasteiger partial charge >= 0.3 is 0 Å². The van der Waals surface area contributed by atoms with Gasteiger partial charge in [0.05, 0.1) is 6.61 Å². The minimum atomic E-state index is 0. The maximum Gasteiger partial charge on any atom is 0.162 e. The maximum absolute atomic E-state index is 11.9. The molecule has 0 saturated heterocycles. The molecule has 3 nitrogen and oxygen atoms in total. The maximum atomic E-state index is 11.9. The Morgan fingerprint density at radius 3 is 2.32 bits per heavy atom. The van der Waals surface area contributed by atoms with Gasteiger partial charge < -0.3 is 10.1 Å². The van der Waals surface area contributed by atoms with Crippen molar-refractivity contribution >= 4 is 18.2 Å². The molecule has 1 unspecified atom stereocenters. The Morgan fingerprint density at radius 1 is 1.00 bits per heavy atom. The zero-order chi connectivity index (χ0) is 17.0. The van der Waals surface area contributed by atoms with Gasteiger partial charge in [0, 0.05) is 31.2 Å². The monoisotopic (exact) mass is 361 g/mol. The first kappa shape index (κ1) is 21.4. The van der Waals surface area contributed by atoms with E-state index < -0.39 is 0 Å². The van der Waals surface area contributed by atoms with Gasteiger partial charge in [-0.1, -0.05) is 60.7 Å². The Labute approximate surface area is 157 Å². The summed E-state index contributed by atoms with van der Waals surface area (Å²) in [5.41, 5.74) is 2.13. The van der Waals surface area contributed by atoms with Gasteiger partial charge in [-0.25, -0.2) is 0 Å². The molecule has 0 amide bonds. The van der Waals surface area contributed by atoms with Gasteiger partial charge in [0.2, 0.25) is 0 Å². The molecule has 0 radical (unpaired) electrons. The van der Waals surface area contributed by atoms with Crippen LogP contribution in [0.5, 0.6) is 0 Å². The molecule has 1 N–H and O–H groups in total. The summed E-state index contributed by atoms with van der Waals surface area (Å²) in [7, 11) is 0. The smallest absolute Gasteiger partial charge is 0.162 e. The second-order valence-corrected chi connectivity index (χ2v) is 6.05. The van der Waals surface area contributed by atoms with Crippen molar-refractivity contribution in [3.8, 4) is 0 Å². The predicted molar refractivity (Wildman–Crippen MR) is 106 cm³/mol. The van der Waals surface area contributed by atoms with Crippen molar-refractivity contribution in [2.24, 2.45) is 0 Å². The lowest BCUT2D eigenvalue weighted by atomic mass is 10.1. The van der Waals surface area contributed by atoms with E-state index in [1.807, 2.05) is 36.4 Å². The molecule has 0 bridgehead atoms. The molecular weight excluding hydrogens is 334 g/mol. The Hall–Kier alpha value is -1.68. The number of carbonyl (C=O) groups excluding carboxylic acids is 1. The van der Waals surface area contributed by atoms with Crippen LogP contribution in [0, 0.1) is 0 Å². The third kappa shape index (κ3) is 8.82. The predicted octanol–water partition coefficient (Wildman–Crippen LogP) is 4.31. The van der Waals surface area contributed by atoms with Gasteiger partial charge in [0.25, 0.3) is 0 Å². The summed E-state index contributed by atoms with van der Waals surface area (Å²) in [6, 6.07) is 20.3. The van der Waals surface area contributed by atoms with Crippen LogP contribution in [0.1, 0.15) is 35.7 Å². The normalized spacial score (nSPS) is 11.6. The number of rotatable bonds is 11. The van der Waals surface area contributed by atoms with Crippen molar-refractivity contribution in [1.29, 1.82) is 0 Å². The summed E-state index contributed by atoms with van der Waals surface area (Å²) in [6.45, 7) is 4.33. The number of halogens is 1. The highest BCUT2D eigenvalue weighted by molar-refractivity contribution is 5.95. The SMILES string of the molecule is CC(Cc1ccccc1)NCCOCCCC(=O)c1ccccc1.Cl.